The molecule has 0 aliphatic carbocycles. The van der Waals surface area contributed by atoms with Gasteiger partial charge in [0.1, 0.15) is 18.0 Å². The summed E-state index contributed by atoms with van der Waals surface area (Å²) in [4.78, 5) is 22.5. The summed E-state index contributed by atoms with van der Waals surface area (Å²) in [5.74, 6) is 1.08. The maximum Gasteiger partial charge on any atom is 0.407 e. The van der Waals surface area contributed by atoms with Crippen molar-refractivity contribution in [3.63, 3.8) is 0 Å². The Labute approximate surface area is 134 Å². The first kappa shape index (κ1) is 16.4. The van der Waals surface area contributed by atoms with Crippen molar-refractivity contribution >= 4 is 17.7 Å². The highest BCUT2D eigenvalue weighted by Crippen LogP contribution is 2.23. The second-order valence-corrected chi connectivity index (χ2v) is 4.84. The first-order valence-corrected chi connectivity index (χ1v) is 7.03. The molecule has 0 unspecified atom stereocenters. The van der Waals surface area contributed by atoms with E-state index in [1.54, 1.807) is 24.3 Å². The van der Waals surface area contributed by atoms with E-state index in [2.05, 4.69) is 15.4 Å². The number of methoxy groups -OCH3 is 1. The molecule has 2 N–H and O–H groups in total. The van der Waals surface area contributed by atoms with Gasteiger partial charge in [-0.05, 0) is 48.9 Å². The van der Waals surface area contributed by atoms with E-state index < -0.39 is 6.09 Å². The van der Waals surface area contributed by atoms with Crippen molar-refractivity contribution in [3.05, 3.63) is 54.1 Å². The number of carbonyl (C=O) groups excluding carboxylic acids is 2. The Morgan fingerprint density at radius 3 is 2.43 bits per heavy atom. The molecule has 0 saturated heterocycles. The lowest BCUT2D eigenvalue weighted by molar-refractivity contribution is -0.115. The van der Waals surface area contributed by atoms with Crippen molar-refractivity contribution in [3.8, 4) is 11.5 Å². The second kappa shape index (κ2) is 7.84. The first-order valence-electron chi connectivity index (χ1n) is 7.03. The molecule has 0 aliphatic heterocycles. The Hall–Kier alpha value is -3.02. The number of anilines is 1. The average Bonchev–Trinajstić information content (AvgIpc) is 2.54. The van der Waals surface area contributed by atoms with Crippen LogP contribution in [0.2, 0.25) is 0 Å². The van der Waals surface area contributed by atoms with Gasteiger partial charge in [-0.3, -0.25) is 4.79 Å². The fourth-order valence-corrected chi connectivity index (χ4v) is 1.85. The topological polar surface area (TPSA) is 76.7 Å². The van der Waals surface area contributed by atoms with E-state index in [0.717, 1.165) is 11.3 Å². The molecule has 2 aromatic rings. The quantitative estimate of drug-likeness (QED) is 0.889. The minimum Gasteiger partial charge on any atom is -0.457 e. The van der Waals surface area contributed by atoms with E-state index >= 15 is 0 Å². The molecule has 0 aromatic heterocycles. The monoisotopic (exact) mass is 314 g/mol. The van der Waals surface area contributed by atoms with Gasteiger partial charge in [-0.25, -0.2) is 4.79 Å². The highest BCUT2D eigenvalue weighted by molar-refractivity contribution is 5.93. The molecule has 2 rings (SSSR count). The van der Waals surface area contributed by atoms with Gasteiger partial charge in [0, 0.05) is 5.69 Å². The Morgan fingerprint density at radius 2 is 1.78 bits per heavy atom. The van der Waals surface area contributed by atoms with Crippen LogP contribution in [-0.4, -0.2) is 25.7 Å². The molecule has 2 aromatic carbocycles. The Bertz CT molecular complexity index is 683. The van der Waals surface area contributed by atoms with E-state index in [0.29, 0.717) is 11.4 Å². The fourth-order valence-electron chi connectivity index (χ4n) is 1.85. The van der Waals surface area contributed by atoms with Gasteiger partial charge >= 0.3 is 6.09 Å². The fraction of sp³-hybridized carbons (Fsp3) is 0.176. The number of benzene rings is 2. The van der Waals surface area contributed by atoms with E-state index in [4.69, 9.17) is 4.74 Å². The van der Waals surface area contributed by atoms with Crippen LogP contribution in [0.25, 0.3) is 0 Å². The lowest BCUT2D eigenvalue weighted by Crippen LogP contribution is -2.32. The number of carbonyl (C=O) groups is 2. The lowest BCUT2D eigenvalue weighted by Gasteiger charge is -2.09. The number of rotatable bonds is 5. The molecule has 0 saturated carbocycles. The molecule has 0 atom stereocenters. The van der Waals surface area contributed by atoms with Gasteiger partial charge in [0.05, 0.1) is 7.11 Å². The summed E-state index contributed by atoms with van der Waals surface area (Å²) in [7, 11) is 1.24. The standard InChI is InChI=1S/C17H18N2O4/c1-12-4-3-5-15(10-12)23-14-8-6-13(7-9-14)19-16(20)11-18-17(21)22-2/h3-10H,11H2,1-2H3,(H,18,21)(H,19,20). The molecule has 0 radical (unpaired) electrons. The predicted molar refractivity (Wildman–Crippen MR) is 86.7 cm³/mol. The van der Waals surface area contributed by atoms with E-state index in [1.165, 1.54) is 7.11 Å². The van der Waals surface area contributed by atoms with Crippen molar-refractivity contribution in [2.45, 2.75) is 6.92 Å². The summed E-state index contributed by atoms with van der Waals surface area (Å²) >= 11 is 0. The largest absolute Gasteiger partial charge is 0.457 e. The summed E-state index contributed by atoms with van der Waals surface area (Å²) < 4.78 is 10.1. The van der Waals surface area contributed by atoms with E-state index in [-0.39, 0.29) is 12.5 Å². The molecular weight excluding hydrogens is 296 g/mol. The molecule has 0 aliphatic rings. The zero-order valence-electron chi connectivity index (χ0n) is 13.0. The lowest BCUT2D eigenvalue weighted by atomic mass is 10.2. The summed E-state index contributed by atoms with van der Waals surface area (Å²) in [5.41, 5.74) is 1.72. The SMILES string of the molecule is COC(=O)NCC(=O)Nc1ccc(Oc2cccc(C)c2)cc1. The first-order chi connectivity index (χ1) is 11.1. The molecular formula is C17H18N2O4. The van der Waals surface area contributed by atoms with Crippen LogP contribution in [0.1, 0.15) is 5.56 Å². The maximum absolute atomic E-state index is 11.6. The van der Waals surface area contributed by atoms with Crippen molar-refractivity contribution in [1.82, 2.24) is 5.32 Å². The van der Waals surface area contributed by atoms with Crippen LogP contribution in [0.5, 0.6) is 11.5 Å². The summed E-state index contributed by atoms with van der Waals surface area (Å²) in [6.07, 6.45) is -0.651. The van der Waals surface area contributed by atoms with Crippen LogP contribution in [0.15, 0.2) is 48.5 Å². The zero-order chi connectivity index (χ0) is 16.7. The Balaban J connectivity index is 1.89. The number of nitrogens with one attached hydrogen (secondary N) is 2. The smallest absolute Gasteiger partial charge is 0.407 e. The summed E-state index contributed by atoms with van der Waals surface area (Å²) in [5, 5.41) is 4.96. The normalized spacial score (nSPS) is 9.83. The van der Waals surface area contributed by atoms with Gasteiger partial charge in [0.15, 0.2) is 0 Å². The molecule has 2 amide bonds. The van der Waals surface area contributed by atoms with Crippen molar-refractivity contribution < 1.29 is 19.1 Å². The number of ether oxygens (including phenoxy) is 2. The van der Waals surface area contributed by atoms with Crippen molar-refractivity contribution in [2.75, 3.05) is 19.0 Å². The number of hydrogen-bond donors (Lipinski definition) is 2. The van der Waals surface area contributed by atoms with Gasteiger partial charge in [0.2, 0.25) is 5.91 Å². The molecule has 0 spiro atoms. The van der Waals surface area contributed by atoms with Crippen molar-refractivity contribution in [2.24, 2.45) is 0 Å². The predicted octanol–water partition coefficient (Wildman–Crippen LogP) is 3.08. The average molecular weight is 314 g/mol. The van der Waals surface area contributed by atoms with E-state index in [9.17, 15) is 9.59 Å². The number of amides is 2. The van der Waals surface area contributed by atoms with E-state index in [1.807, 2.05) is 31.2 Å². The van der Waals surface area contributed by atoms with Crippen LogP contribution in [0.4, 0.5) is 10.5 Å². The Morgan fingerprint density at radius 1 is 1.04 bits per heavy atom. The second-order valence-electron chi connectivity index (χ2n) is 4.84. The van der Waals surface area contributed by atoms with Crippen molar-refractivity contribution in [1.29, 1.82) is 0 Å². The van der Waals surface area contributed by atoms with Crippen LogP contribution in [-0.2, 0) is 9.53 Å². The number of aryl methyl sites for hydroxylation is 1. The minimum atomic E-state index is -0.651. The van der Waals surface area contributed by atoms with Gasteiger partial charge in [-0.1, -0.05) is 12.1 Å². The molecule has 0 heterocycles. The molecule has 0 fully saturated rings. The number of hydrogen-bond acceptors (Lipinski definition) is 4. The zero-order valence-corrected chi connectivity index (χ0v) is 13.0. The van der Waals surface area contributed by atoms with Gasteiger partial charge in [-0.15, -0.1) is 0 Å². The van der Waals surface area contributed by atoms with Crippen LogP contribution < -0.4 is 15.4 Å². The summed E-state index contributed by atoms with van der Waals surface area (Å²) in [6, 6.07) is 14.7. The molecule has 23 heavy (non-hydrogen) atoms. The van der Waals surface area contributed by atoms with Crippen LogP contribution in [0, 0.1) is 6.92 Å². The third-order valence-electron chi connectivity index (χ3n) is 2.94. The van der Waals surface area contributed by atoms with Gasteiger partial charge in [-0.2, -0.15) is 0 Å². The molecule has 6 heteroatoms. The molecule has 6 nitrogen and oxygen atoms in total. The van der Waals surface area contributed by atoms with Crippen LogP contribution in [0.3, 0.4) is 0 Å². The molecule has 120 valence electrons. The summed E-state index contributed by atoms with van der Waals surface area (Å²) in [6.45, 7) is 1.84. The Kier molecular flexibility index (Phi) is 5.57. The van der Waals surface area contributed by atoms with Gasteiger partial charge in [0.25, 0.3) is 0 Å². The third kappa shape index (κ3) is 5.35. The maximum atomic E-state index is 11.6. The highest BCUT2D eigenvalue weighted by Gasteiger charge is 2.05. The highest BCUT2D eigenvalue weighted by atomic mass is 16.5. The minimum absolute atomic E-state index is 0.159. The number of alkyl carbamates (subject to hydrolysis) is 1. The third-order valence-corrected chi connectivity index (χ3v) is 2.94. The van der Waals surface area contributed by atoms with Gasteiger partial charge < -0.3 is 20.1 Å². The van der Waals surface area contributed by atoms with Crippen LogP contribution >= 0.6 is 0 Å². The molecule has 0 bridgehead atoms.